The summed E-state index contributed by atoms with van der Waals surface area (Å²) in [5.74, 6) is 0. The van der Waals surface area contributed by atoms with Gasteiger partial charge in [0.25, 0.3) is 0 Å². The van der Waals surface area contributed by atoms with Crippen LogP contribution in [0.4, 0.5) is 14.1 Å². The number of nitrogens with zero attached hydrogens (tertiary/aromatic N) is 3. The molecule has 156 valence electrons. The van der Waals surface area contributed by atoms with Gasteiger partial charge in [0.15, 0.2) is 0 Å². The number of halogens is 3. The minimum absolute atomic E-state index is 0. The zero-order valence-corrected chi connectivity index (χ0v) is 17.9. The summed E-state index contributed by atoms with van der Waals surface area (Å²) in [6.07, 6.45) is 0. The first-order valence-electron chi connectivity index (χ1n) is 9.21. The molecule has 0 aromatic rings. The molecule has 0 aromatic carbocycles. The quantitative estimate of drug-likeness (QED) is 0.597. The van der Waals surface area contributed by atoms with Crippen molar-refractivity contribution in [2.75, 3.05) is 58.9 Å². The Morgan fingerprint density at radius 2 is 0.375 bits per heavy atom. The van der Waals surface area contributed by atoms with Crippen LogP contribution in [-0.2, 0) is 0 Å². The van der Waals surface area contributed by atoms with Crippen molar-refractivity contribution in [2.24, 2.45) is 0 Å². The molecule has 24 heavy (non-hydrogen) atoms. The zero-order chi connectivity index (χ0) is 17.1. The van der Waals surface area contributed by atoms with Crippen molar-refractivity contribution < 1.29 is 14.1 Å². The number of hydrogen-bond acceptors (Lipinski definition) is 3. The third-order valence-corrected chi connectivity index (χ3v) is 4.02. The Bertz CT molecular complexity index is 119. The third kappa shape index (κ3) is 29.7. The fourth-order valence-electron chi connectivity index (χ4n) is 2.01. The van der Waals surface area contributed by atoms with Gasteiger partial charge < -0.3 is 14.7 Å². The number of rotatable bonds is 9. The molecule has 0 N–H and O–H groups in total. The zero-order valence-electron chi connectivity index (χ0n) is 17.9. The Balaban J connectivity index is -0.0000000476. The molecule has 0 radical (unpaired) electrons. The van der Waals surface area contributed by atoms with Gasteiger partial charge in [0.05, 0.1) is 0 Å². The maximum atomic E-state index is 2.38. The van der Waals surface area contributed by atoms with Gasteiger partial charge in [0.1, 0.15) is 0 Å². The largest absolute Gasteiger partial charge is 0.304 e. The van der Waals surface area contributed by atoms with Gasteiger partial charge in [-0.2, -0.15) is 0 Å². The van der Waals surface area contributed by atoms with Crippen LogP contribution in [0.2, 0.25) is 0 Å². The lowest BCUT2D eigenvalue weighted by molar-refractivity contribution is 0.321. The van der Waals surface area contributed by atoms with E-state index in [1.807, 2.05) is 0 Å². The van der Waals surface area contributed by atoms with Gasteiger partial charge in [-0.1, -0.05) is 62.3 Å². The fraction of sp³-hybridized carbons (Fsp3) is 1.00. The van der Waals surface area contributed by atoms with Crippen LogP contribution in [0.1, 0.15) is 62.3 Å². The molecule has 0 atom stereocenters. The highest BCUT2D eigenvalue weighted by Gasteiger charge is 1.90. The van der Waals surface area contributed by atoms with E-state index in [0.717, 1.165) is 0 Å². The van der Waals surface area contributed by atoms with Crippen LogP contribution in [0.3, 0.4) is 0 Å². The molecular formula is C18H48F3N3. The summed E-state index contributed by atoms with van der Waals surface area (Å²) in [7, 11) is 0. The second-order valence-electron chi connectivity index (χ2n) is 4.86. The second-order valence-corrected chi connectivity index (χ2v) is 4.86. The summed E-state index contributed by atoms with van der Waals surface area (Å²) < 4.78 is 0. The first-order chi connectivity index (χ1) is 10.0. The van der Waals surface area contributed by atoms with Gasteiger partial charge in [0.2, 0.25) is 0 Å². The van der Waals surface area contributed by atoms with Crippen LogP contribution in [-0.4, -0.2) is 73.6 Å². The van der Waals surface area contributed by atoms with E-state index in [1.165, 1.54) is 58.9 Å². The molecule has 0 spiro atoms. The van der Waals surface area contributed by atoms with Gasteiger partial charge >= 0.3 is 0 Å². The van der Waals surface area contributed by atoms with Crippen molar-refractivity contribution in [1.29, 1.82) is 0 Å². The lowest BCUT2D eigenvalue weighted by Gasteiger charge is -2.13. The lowest BCUT2D eigenvalue weighted by atomic mass is 10.5. The first-order valence-corrected chi connectivity index (χ1v) is 9.21. The molecule has 0 unspecified atom stereocenters. The predicted molar refractivity (Wildman–Crippen MR) is 108 cm³/mol. The highest BCUT2D eigenvalue weighted by molar-refractivity contribution is 4.45. The molecule has 3 nitrogen and oxygen atoms in total. The van der Waals surface area contributed by atoms with Crippen molar-refractivity contribution in [3.63, 3.8) is 0 Å². The van der Waals surface area contributed by atoms with Gasteiger partial charge in [-0.05, 0) is 58.9 Å². The van der Waals surface area contributed by atoms with E-state index < -0.39 is 0 Å². The molecule has 0 saturated heterocycles. The lowest BCUT2D eigenvalue weighted by Crippen LogP contribution is -2.21. The molecule has 0 bridgehead atoms. The molecule has 0 heterocycles. The second kappa shape index (κ2) is 34.1. The van der Waals surface area contributed by atoms with Crippen LogP contribution in [0, 0.1) is 0 Å². The van der Waals surface area contributed by atoms with Crippen LogP contribution in [0.15, 0.2) is 0 Å². The van der Waals surface area contributed by atoms with E-state index >= 15 is 0 Å². The summed E-state index contributed by atoms with van der Waals surface area (Å²) >= 11 is 0. The topological polar surface area (TPSA) is 9.72 Å². The molecule has 0 rings (SSSR count). The van der Waals surface area contributed by atoms with Crippen molar-refractivity contribution in [1.82, 2.24) is 14.7 Å². The maximum absolute atomic E-state index is 2.38. The standard InChI is InChI=1S/3C6H15N.3FH/c3*1-4-7(5-2)6-3;;;/h3*4-6H2,1-3H3;3*1H. The van der Waals surface area contributed by atoms with Crippen molar-refractivity contribution >= 4 is 0 Å². The van der Waals surface area contributed by atoms with E-state index in [4.69, 9.17) is 0 Å². The van der Waals surface area contributed by atoms with E-state index in [2.05, 4.69) is 77.0 Å². The van der Waals surface area contributed by atoms with Gasteiger partial charge in [-0.15, -0.1) is 0 Å². The van der Waals surface area contributed by atoms with Crippen molar-refractivity contribution in [3.8, 4) is 0 Å². The Morgan fingerprint density at radius 3 is 0.375 bits per heavy atom. The first kappa shape index (κ1) is 39.0. The SMILES string of the molecule is CCN(CC)CC.CCN(CC)CC.CCN(CC)CC.F.F.F. The van der Waals surface area contributed by atoms with Gasteiger partial charge in [-0.3, -0.25) is 14.1 Å². The molecule has 0 fully saturated rings. The fourth-order valence-corrected chi connectivity index (χ4v) is 2.01. The normalized spacial score (nSPS) is 9.00. The Labute approximate surface area is 150 Å². The molecule has 6 heteroatoms. The molecule has 0 aliphatic heterocycles. The molecular weight excluding hydrogens is 315 g/mol. The van der Waals surface area contributed by atoms with Crippen LogP contribution >= 0.6 is 0 Å². The van der Waals surface area contributed by atoms with Crippen LogP contribution < -0.4 is 0 Å². The molecule has 0 aliphatic carbocycles. The average molecular weight is 364 g/mol. The van der Waals surface area contributed by atoms with Gasteiger partial charge in [-0.25, -0.2) is 0 Å². The maximum Gasteiger partial charge on any atom is -0.00474 e. The molecule has 0 saturated carbocycles. The Morgan fingerprint density at radius 1 is 0.292 bits per heavy atom. The summed E-state index contributed by atoms with van der Waals surface area (Å²) in [5, 5.41) is 0. The monoisotopic (exact) mass is 363 g/mol. The van der Waals surface area contributed by atoms with Gasteiger partial charge in [0, 0.05) is 0 Å². The summed E-state index contributed by atoms with van der Waals surface area (Å²) in [6.45, 7) is 30.4. The Kier molecular flexibility index (Phi) is 55.3. The Hall–Kier alpha value is -0.330. The smallest absolute Gasteiger partial charge is 0.00474 e. The van der Waals surface area contributed by atoms with E-state index in [-0.39, 0.29) is 14.1 Å². The van der Waals surface area contributed by atoms with Crippen molar-refractivity contribution in [3.05, 3.63) is 0 Å². The van der Waals surface area contributed by atoms with Crippen LogP contribution in [0.5, 0.6) is 0 Å². The molecule has 0 aromatic heterocycles. The highest BCUT2D eigenvalue weighted by atomic mass is 19.0. The molecule has 0 amide bonds. The van der Waals surface area contributed by atoms with Crippen molar-refractivity contribution in [2.45, 2.75) is 62.3 Å². The van der Waals surface area contributed by atoms with E-state index in [1.54, 1.807) is 0 Å². The predicted octanol–water partition coefficient (Wildman–Crippen LogP) is 4.50. The van der Waals surface area contributed by atoms with E-state index in [9.17, 15) is 0 Å². The van der Waals surface area contributed by atoms with E-state index in [0.29, 0.717) is 0 Å². The summed E-state index contributed by atoms with van der Waals surface area (Å²) in [6, 6.07) is 0. The summed E-state index contributed by atoms with van der Waals surface area (Å²) in [4.78, 5) is 7.12. The minimum Gasteiger partial charge on any atom is -0.304 e. The average Bonchev–Trinajstić information content (AvgIpc) is 2.54. The minimum atomic E-state index is 0. The van der Waals surface area contributed by atoms with Crippen LogP contribution in [0.25, 0.3) is 0 Å². The highest BCUT2D eigenvalue weighted by Crippen LogP contribution is 1.82. The summed E-state index contributed by atoms with van der Waals surface area (Å²) in [5.41, 5.74) is 0. The molecule has 0 aliphatic rings. The number of hydrogen-bond donors (Lipinski definition) is 0. The third-order valence-electron chi connectivity index (χ3n) is 4.02.